The molecule has 1 heterocycles. The molecule has 2 aromatic carbocycles. The van der Waals surface area contributed by atoms with Gasteiger partial charge in [-0.2, -0.15) is 0 Å². The minimum atomic E-state index is -0.704. The highest BCUT2D eigenvalue weighted by molar-refractivity contribution is 6.33. The second-order valence-corrected chi connectivity index (χ2v) is 6.45. The number of hydrogen-bond donors (Lipinski definition) is 3. The number of fused-ring (bicyclic) bond motifs is 1. The molecule has 26 heavy (non-hydrogen) atoms. The predicted octanol–water partition coefficient (Wildman–Crippen LogP) is 3.66. The molecule has 1 amide bonds. The van der Waals surface area contributed by atoms with Crippen molar-refractivity contribution in [1.82, 2.24) is 0 Å². The Bertz CT molecular complexity index is 1090. The maximum Gasteiger partial charge on any atom is 0.340 e. The fourth-order valence-corrected chi connectivity index (χ4v) is 3.07. The number of rotatable bonds is 3. The number of hydrogen-bond acceptors (Lipinski definition) is 5. The van der Waals surface area contributed by atoms with E-state index in [4.69, 9.17) is 16.0 Å². The van der Waals surface area contributed by atoms with Crippen molar-refractivity contribution in [3.63, 3.8) is 0 Å². The van der Waals surface area contributed by atoms with Crippen LogP contribution in [-0.4, -0.2) is 16.1 Å². The lowest BCUT2D eigenvalue weighted by atomic mass is 10.0. The fraction of sp³-hybridized carbons (Fsp3) is 0.158. The van der Waals surface area contributed by atoms with E-state index in [9.17, 15) is 19.8 Å². The summed E-state index contributed by atoms with van der Waals surface area (Å²) in [7, 11) is 0. The monoisotopic (exact) mass is 373 g/mol. The van der Waals surface area contributed by atoms with Crippen LogP contribution in [0.5, 0.6) is 11.5 Å². The normalized spacial score (nSPS) is 10.9. The molecule has 0 saturated carbocycles. The molecular weight excluding hydrogens is 358 g/mol. The number of benzene rings is 2. The van der Waals surface area contributed by atoms with Crippen molar-refractivity contribution in [1.29, 1.82) is 0 Å². The molecule has 0 unspecified atom stereocenters. The molecule has 3 aromatic rings. The number of carbonyl (C=O) groups excluding carboxylic acids is 1. The van der Waals surface area contributed by atoms with Gasteiger partial charge in [0, 0.05) is 12.1 Å². The number of anilines is 1. The Balaban J connectivity index is 1.95. The van der Waals surface area contributed by atoms with Gasteiger partial charge in [-0.3, -0.25) is 4.79 Å². The molecule has 0 aliphatic heterocycles. The average Bonchev–Trinajstić information content (AvgIpc) is 2.53. The molecule has 6 nitrogen and oxygen atoms in total. The zero-order valence-electron chi connectivity index (χ0n) is 14.1. The van der Waals surface area contributed by atoms with Gasteiger partial charge in [0.05, 0.1) is 28.1 Å². The number of amides is 1. The van der Waals surface area contributed by atoms with Crippen LogP contribution in [0.15, 0.2) is 39.5 Å². The van der Waals surface area contributed by atoms with Crippen LogP contribution in [0.2, 0.25) is 5.02 Å². The van der Waals surface area contributed by atoms with Gasteiger partial charge in [0.1, 0.15) is 17.1 Å². The highest BCUT2D eigenvalue weighted by Gasteiger charge is 2.18. The second kappa shape index (κ2) is 6.72. The molecule has 0 radical (unpaired) electrons. The number of phenols is 2. The van der Waals surface area contributed by atoms with Crippen LogP contribution in [0.4, 0.5) is 5.69 Å². The van der Waals surface area contributed by atoms with Crippen LogP contribution in [0.25, 0.3) is 11.0 Å². The number of phenolic OH excluding ortho intramolecular Hbond substituents is 2. The first kappa shape index (κ1) is 17.8. The maximum absolute atomic E-state index is 12.3. The van der Waals surface area contributed by atoms with E-state index in [0.717, 1.165) is 11.6 Å². The number of nitrogens with one attached hydrogen (secondary N) is 1. The van der Waals surface area contributed by atoms with Crippen LogP contribution in [-0.2, 0) is 11.2 Å². The first-order chi connectivity index (χ1) is 12.3. The summed E-state index contributed by atoms with van der Waals surface area (Å²) in [6.45, 7) is 3.49. The third-order valence-electron chi connectivity index (χ3n) is 4.08. The Labute approximate surface area is 153 Å². The quantitative estimate of drug-likeness (QED) is 0.608. The number of aryl methyl sites for hydroxylation is 2. The summed E-state index contributed by atoms with van der Waals surface area (Å²) in [5.41, 5.74) is 1.29. The standard InChI is InChI=1S/C19H16ClNO5/c1-9-3-4-14(13(20)5-9)21-17(24)8-12-10(2)18-15(23)6-11(22)7-16(18)26-19(12)25/h3-7,22-23H,8H2,1-2H3,(H,21,24). The molecule has 0 aliphatic carbocycles. The topological polar surface area (TPSA) is 99.8 Å². The molecule has 134 valence electrons. The molecule has 0 atom stereocenters. The van der Waals surface area contributed by atoms with Gasteiger partial charge < -0.3 is 19.9 Å². The predicted molar refractivity (Wildman–Crippen MR) is 99.1 cm³/mol. The molecule has 3 rings (SSSR count). The Kier molecular flexibility index (Phi) is 4.61. The first-order valence-corrected chi connectivity index (χ1v) is 8.18. The smallest absolute Gasteiger partial charge is 0.340 e. The Hall–Kier alpha value is -2.99. The Morgan fingerprint density at radius 1 is 1.19 bits per heavy atom. The lowest BCUT2D eigenvalue weighted by molar-refractivity contribution is -0.115. The van der Waals surface area contributed by atoms with Crippen molar-refractivity contribution in [2.45, 2.75) is 20.3 Å². The van der Waals surface area contributed by atoms with Crippen LogP contribution in [0.3, 0.4) is 0 Å². The molecule has 0 spiro atoms. The van der Waals surface area contributed by atoms with Gasteiger partial charge in [0.15, 0.2) is 0 Å². The zero-order chi connectivity index (χ0) is 19.0. The highest BCUT2D eigenvalue weighted by Crippen LogP contribution is 2.32. The van der Waals surface area contributed by atoms with Crippen molar-refractivity contribution in [2.75, 3.05) is 5.32 Å². The number of carbonyl (C=O) groups is 1. The minimum absolute atomic E-state index is 0.0516. The summed E-state index contributed by atoms with van der Waals surface area (Å²) in [6, 6.07) is 7.59. The van der Waals surface area contributed by atoms with Gasteiger partial charge in [-0.25, -0.2) is 4.79 Å². The second-order valence-electron chi connectivity index (χ2n) is 6.04. The van der Waals surface area contributed by atoms with E-state index < -0.39 is 11.5 Å². The maximum atomic E-state index is 12.3. The van der Waals surface area contributed by atoms with Gasteiger partial charge in [-0.05, 0) is 37.1 Å². The lowest BCUT2D eigenvalue weighted by Gasteiger charge is -2.11. The molecule has 0 fully saturated rings. The van der Waals surface area contributed by atoms with Crippen LogP contribution in [0.1, 0.15) is 16.7 Å². The minimum Gasteiger partial charge on any atom is -0.508 e. The van der Waals surface area contributed by atoms with Crippen LogP contribution >= 0.6 is 11.6 Å². The SMILES string of the molecule is Cc1ccc(NC(=O)Cc2c(C)c3c(O)cc(O)cc3oc2=O)c(Cl)c1. The molecule has 0 aliphatic rings. The van der Waals surface area contributed by atoms with Crippen molar-refractivity contribution < 1.29 is 19.4 Å². The van der Waals surface area contributed by atoms with E-state index in [1.165, 1.54) is 6.07 Å². The van der Waals surface area contributed by atoms with E-state index >= 15 is 0 Å². The number of aromatic hydroxyl groups is 2. The fourth-order valence-electron chi connectivity index (χ4n) is 2.79. The zero-order valence-corrected chi connectivity index (χ0v) is 14.8. The van der Waals surface area contributed by atoms with Gasteiger partial charge >= 0.3 is 5.63 Å². The summed E-state index contributed by atoms with van der Waals surface area (Å²) in [5, 5.41) is 22.9. The average molecular weight is 374 g/mol. The molecule has 3 N–H and O–H groups in total. The third kappa shape index (κ3) is 3.36. The van der Waals surface area contributed by atoms with Crippen molar-refractivity contribution in [3.05, 3.63) is 62.5 Å². The van der Waals surface area contributed by atoms with Crippen LogP contribution in [0, 0.1) is 13.8 Å². The summed E-state index contributed by atoms with van der Waals surface area (Å²) in [6.07, 6.45) is -0.241. The lowest BCUT2D eigenvalue weighted by Crippen LogP contribution is -2.20. The summed E-state index contributed by atoms with van der Waals surface area (Å²) < 4.78 is 5.14. The Morgan fingerprint density at radius 2 is 1.92 bits per heavy atom. The van der Waals surface area contributed by atoms with E-state index in [1.54, 1.807) is 19.1 Å². The van der Waals surface area contributed by atoms with Gasteiger partial charge in [-0.1, -0.05) is 17.7 Å². The Morgan fingerprint density at radius 3 is 2.62 bits per heavy atom. The number of halogens is 1. The summed E-state index contributed by atoms with van der Waals surface area (Å²) in [4.78, 5) is 24.6. The van der Waals surface area contributed by atoms with Gasteiger partial charge in [-0.15, -0.1) is 0 Å². The van der Waals surface area contributed by atoms with Gasteiger partial charge in [0.2, 0.25) is 5.91 Å². The molecular formula is C19H16ClNO5. The van der Waals surface area contributed by atoms with E-state index in [-0.39, 0.29) is 34.5 Å². The molecule has 0 saturated heterocycles. The van der Waals surface area contributed by atoms with Crippen molar-refractivity contribution >= 4 is 34.2 Å². The molecule has 0 bridgehead atoms. The summed E-state index contributed by atoms with van der Waals surface area (Å²) >= 11 is 6.10. The van der Waals surface area contributed by atoms with E-state index in [0.29, 0.717) is 16.3 Å². The first-order valence-electron chi connectivity index (χ1n) is 7.80. The molecule has 7 heteroatoms. The van der Waals surface area contributed by atoms with Crippen molar-refractivity contribution in [3.8, 4) is 11.5 Å². The van der Waals surface area contributed by atoms with Crippen molar-refractivity contribution in [2.24, 2.45) is 0 Å². The van der Waals surface area contributed by atoms with Crippen LogP contribution < -0.4 is 10.9 Å². The third-order valence-corrected chi connectivity index (χ3v) is 4.39. The van der Waals surface area contributed by atoms with E-state index in [2.05, 4.69) is 5.32 Å². The molecule has 1 aromatic heterocycles. The van der Waals surface area contributed by atoms with E-state index in [1.807, 2.05) is 13.0 Å². The summed E-state index contributed by atoms with van der Waals surface area (Å²) in [5.74, 6) is -0.898. The highest BCUT2D eigenvalue weighted by atomic mass is 35.5. The van der Waals surface area contributed by atoms with Gasteiger partial charge in [0.25, 0.3) is 0 Å². The largest absolute Gasteiger partial charge is 0.508 e.